The van der Waals surface area contributed by atoms with E-state index in [9.17, 15) is 9.18 Å². The molecule has 3 rings (SSSR count). The summed E-state index contributed by atoms with van der Waals surface area (Å²) >= 11 is 0. The molecule has 0 radical (unpaired) electrons. The lowest BCUT2D eigenvalue weighted by molar-refractivity contribution is 0.102. The number of hydrogen-bond donors (Lipinski definition) is 2. The van der Waals surface area contributed by atoms with Crippen molar-refractivity contribution in [2.75, 3.05) is 11.1 Å². The van der Waals surface area contributed by atoms with Crippen molar-refractivity contribution in [2.24, 2.45) is 0 Å². The first-order valence-electron chi connectivity index (χ1n) is 6.06. The van der Waals surface area contributed by atoms with Crippen molar-refractivity contribution in [1.29, 1.82) is 0 Å². The van der Waals surface area contributed by atoms with E-state index in [4.69, 9.17) is 5.73 Å². The van der Waals surface area contributed by atoms with Gasteiger partial charge in [-0.05, 0) is 18.2 Å². The van der Waals surface area contributed by atoms with Crippen LogP contribution in [0.25, 0.3) is 10.9 Å². The third kappa shape index (κ3) is 2.62. The highest BCUT2D eigenvalue weighted by molar-refractivity contribution is 6.07. The highest BCUT2D eigenvalue weighted by atomic mass is 19.1. The van der Waals surface area contributed by atoms with Crippen molar-refractivity contribution in [2.45, 2.75) is 0 Å². The quantitative estimate of drug-likeness (QED) is 0.750. The van der Waals surface area contributed by atoms with E-state index in [2.05, 4.69) is 20.3 Å². The number of aromatic nitrogens is 3. The van der Waals surface area contributed by atoms with Crippen LogP contribution in [-0.4, -0.2) is 20.9 Å². The van der Waals surface area contributed by atoms with Crippen molar-refractivity contribution < 1.29 is 9.18 Å². The summed E-state index contributed by atoms with van der Waals surface area (Å²) in [6.45, 7) is 0. The summed E-state index contributed by atoms with van der Waals surface area (Å²) < 4.78 is 13.6. The number of nitrogen functional groups attached to an aromatic ring is 1. The minimum absolute atomic E-state index is 0.0811. The largest absolute Gasteiger partial charge is 0.382 e. The highest BCUT2D eigenvalue weighted by Crippen LogP contribution is 2.23. The fraction of sp³-hybridized carbons (Fsp3) is 0. The molecule has 7 heteroatoms. The zero-order valence-corrected chi connectivity index (χ0v) is 10.7. The Morgan fingerprint density at radius 2 is 2.05 bits per heavy atom. The van der Waals surface area contributed by atoms with Gasteiger partial charge in [-0.25, -0.2) is 14.4 Å². The van der Waals surface area contributed by atoms with Crippen LogP contribution in [0, 0.1) is 5.82 Å². The van der Waals surface area contributed by atoms with E-state index in [1.54, 1.807) is 18.3 Å². The summed E-state index contributed by atoms with van der Waals surface area (Å²) in [5.74, 6) is -0.765. The normalized spacial score (nSPS) is 10.5. The second kappa shape index (κ2) is 5.12. The number of amides is 1. The average molecular weight is 283 g/mol. The summed E-state index contributed by atoms with van der Waals surface area (Å²) in [7, 11) is 0. The van der Waals surface area contributed by atoms with Gasteiger partial charge in [-0.3, -0.25) is 9.78 Å². The zero-order chi connectivity index (χ0) is 14.8. The molecule has 0 aliphatic carbocycles. The molecule has 3 aromatic rings. The molecule has 0 saturated carbocycles. The van der Waals surface area contributed by atoms with Gasteiger partial charge < -0.3 is 11.1 Å². The first-order chi connectivity index (χ1) is 10.1. The lowest BCUT2D eigenvalue weighted by atomic mass is 10.2. The summed E-state index contributed by atoms with van der Waals surface area (Å²) in [5, 5.41) is 3.17. The van der Waals surface area contributed by atoms with E-state index in [1.807, 2.05) is 0 Å². The maximum Gasteiger partial charge on any atom is 0.275 e. The molecule has 3 N–H and O–H groups in total. The minimum atomic E-state index is -0.514. The number of nitrogens with one attached hydrogen (secondary N) is 1. The number of benzene rings is 1. The molecule has 0 fully saturated rings. The van der Waals surface area contributed by atoms with E-state index in [0.29, 0.717) is 10.9 Å². The first kappa shape index (κ1) is 12.9. The second-order valence-corrected chi connectivity index (χ2v) is 4.31. The standard InChI is InChI=1S/C14H10FN5O/c15-9-4-8-2-1-3-17-13(8)10(5-9)20-14(21)11-6-19-12(16)7-18-11/h1-7H,(H2,16,19)(H,20,21). The second-order valence-electron chi connectivity index (χ2n) is 4.31. The number of anilines is 2. The Labute approximate surface area is 118 Å². The number of nitrogens with two attached hydrogens (primary N) is 1. The Balaban J connectivity index is 1.98. The highest BCUT2D eigenvalue weighted by Gasteiger charge is 2.12. The van der Waals surface area contributed by atoms with E-state index in [1.165, 1.54) is 24.5 Å². The summed E-state index contributed by atoms with van der Waals surface area (Å²) in [4.78, 5) is 23.9. The molecular weight excluding hydrogens is 273 g/mol. The molecule has 0 aliphatic rings. The Hall–Kier alpha value is -3.09. The van der Waals surface area contributed by atoms with Crippen LogP contribution < -0.4 is 11.1 Å². The van der Waals surface area contributed by atoms with E-state index >= 15 is 0 Å². The van der Waals surface area contributed by atoms with E-state index in [-0.39, 0.29) is 17.2 Å². The van der Waals surface area contributed by atoms with Gasteiger partial charge in [0.25, 0.3) is 5.91 Å². The molecule has 0 aliphatic heterocycles. The number of nitrogens with zero attached hydrogens (tertiary/aromatic N) is 3. The fourth-order valence-corrected chi connectivity index (χ4v) is 1.89. The molecule has 0 atom stereocenters. The molecule has 0 saturated heterocycles. The summed E-state index contributed by atoms with van der Waals surface area (Å²) in [5.41, 5.74) is 6.26. The van der Waals surface area contributed by atoms with Crippen LogP contribution in [0.4, 0.5) is 15.9 Å². The Morgan fingerprint density at radius 3 is 2.81 bits per heavy atom. The predicted octanol–water partition coefficient (Wildman–Crippen LogP) is 2.00. The van der Waals surface area contributed by atoms with Crippen molar-refractivity contribution in [3.8, 4) is 0 Å². The third-order valence-electron chi connectivity index (χ3n) is 2.82. The molecular formula is C14H10FN5O. The van der Waals surface area contributed by atoms with Gasteiger partial charge in [0, 0.05) is 11.6 Å². The molecule has 6 nitrogen and oxygen atoms in total. The fourth-order valence-electron chi connectivity index (χ4n) is 1.89. The van der Waals surface area contributed by atoms with E-state index in [0.717, 1.165) is 0 Å². The van der Waals surface area contributed by atoms with Crippen LogP contribution in [0.3, 0.4) is 0 Å². The lowest BCUT2D eigenvalue weighted by Crippen LogP contribution is -2.15. The van der Waals surface area contributed by atoms with Gasteiger partial charge in [0.15, 0.2) is 0 Å². The van der Waals surface area contributed by atoms with Crippen molar-refractivity contribution in [3.63, 3.8) is 0 Å². The van der Waals surface area contributed by atoms with E-state index < -0.39 is 11.7 Å². The number of carbonyl (C=O) groups excluding carboxylic acids is 1. The van der Waals surface area contributed by atoms with Crippen LogP contribution >= 0.6 is 0 Å². The van der Waals surface area contributed by atoms with Gasteiger partial charge >= 0.3 is 0 Å². The first-order valence-corrected chi connectivity index (χ1v) is 6.06. The summed E-state index contributed by atoms with van der Waals surface area (Å²) in [6, 6.07) is 5.96. The van der Waals surface area contributed by atoms with Crippen LogP contribution in [-0.2, 0) is 0 Å². The Morgan fingerprint density at radius 1 is 1.19 bits per heavy atom. The molecule has 1 aromatic carbocycles. The number of pyridine rings is 1. The Bertz CT molecular complexity index is 819. The summed E-state index contributed by atoms with van der Waals surface area (Å²) in [6.07, 6.45) is 4.09. The van der Waals surface area contributed by atoms with Crippen LogP contribution in [0.5, 0.6) is 0 Å². The monoisotopic (exact) mass is 283 g/mol. The van der Waals surface area contributed by atoms with Gasteiger partial charge in [-0.2, -0.15) is 0 Å². The lowest BCUT2D eigenvalue weighted by Gasteiger charge is -2.08. The molecule has 0 unspecified atom stereocenters. The Kier molecular flexibility index (Phi) is 3.15. The van der Waals surface area contributed by atoms with Gasteiger partial charge in [0.2, 0.25) is 0 Å². The molecule has 2 heterocycles. The van der Waals surface area contributed by atoms with Gasteiger partial charge in [0.05, 0.1) is 23.6 Å². The SMILES string of the molecule is Nc1cnc(C(=O)Nc2cc(F)cc3cccnc23)cn1. The number of fused-ring (bicyclic) bond motifs is 1. The smallest absolute Gasteiger partial charge is 0.275 e. The maximum absolute atomic E-state index is 13.6. The van der Waals surface area contributed by atoms with Crippen LogP contribution in [0.15, 0.2) is 42.9 Å². The van der Waals surface area contributed by atoms with Crippen molar-refractivity contribution in [1.82, 2.24) is 15.0 Å². The van der Waals surface area contributed by atoms with Crippen LogP contribution in [0.1, 0.15) is 10.5 Å². The number of carbonyl (C=O) groups is 1. The molecule has 1 amide bonds. The van der Waals surface area contributed by atoms with Gasteiger partial charge in [0.1, 0.15) is 17.3 Å². The van der Waals surface area contributed by atoms with Gasteiger partial charge in [-0.15, -0.1) is 0 Å². The topological polar surface area (TPSA) is 93.8 Å². The van der Waals surface area contributed by atoms with Crippen molar-refractivity contribution in [3.05, 3.63) is 54.4 Å². The number of rotatable bonds is 2. The molecule has 0 bridgehead atoms. The average Bonchev–Trinajstić information content (AvgIpc) is 2.47. The molecule has 21 heavy (non-hydrogen) atoms. The predicted molar refractivity (Wildman–Crippen MR) is 76.1 cm³/mol. The molecule has 0 spiro atoms. The number of hydrogen-bond acceptors (Lipinski definition) is 5. The van der Waals surface area contributed by atoms with Crippen molar-refractivity contribution >= 4 is 28.3 Å². The third-order valence-corrected chi connectivity index (χ3v) is 2.82. The maximum atomic E-state index is 13.6. The van der Waals surface area contributed by atoms with Crippen LogP contribution in [0.2, 0.25) is 0 Å². The minimum Gasteiger partial charge on any atom is -0.382 e. The molecule has 104 valence electrons. The zero-order valence-electron chi connectivity index (χ0n) is 10.7. The van der Waals surface area contributed by atoms with Gasteiger partial charge in [-0.1, -0.05) is 6.07 Å². The number of halogens is 1. The molecule has 2 aromatic heterocycles.